The number of hydrogen-bond donors (Lipinski definition) is 0. The first kappa shape index (κ1) is 20.2. The molecule has 0 saturated carbocycles. The van der Waals surface area contributed by atoms with Crippen molar-refractivity contribution in [1.82, 2.24) is 9.80 Å². The van der Waals surface area contributed by atoms with Gasteiger partial charge in [0.2, 0.25) is 11.8 Å². The maximum Gasteiger partial charge on any atom is 0.326 e. The molecule has 2 rings (SSSR count). The molecule has 2 heterocycles. The Morgan fingerprint density at radius 1 is 0.808 bits per heavy atom. The lowest BCUT2D eigenvalue weighted by molar-refractivity contribution is -0.147. The Kier molecular flexibility index (Phi) is 6.64. The molecule has 0 aromatic heterocycles. The van der Waals surface area contributed by atoms with Crippen LogP contribution < -0.4 is 0 Å². The summed E-state index contributed by atoms with van der Waals surface area (Å²) in [5, 5.41) is -3.69. The number of hydrogen-bond acceptors (Lipinski definition) is 10. The predicted octanol–water partition coefficient (Wildman–Crippen LogP) is 0.241. The molecule has 0 N–H and O–H groups in total. The fourth-order valence-electron chi connectivity index (χ4n) is 2.27. The van der Waals surface area contributed by atoms with Gasteiger partial charge in [0.25, 0.3) is 10.5 Å². The van der Waals surface area contributed by atoms with E-state index in [0.29, 0.717) is 33.3 Å². The summed E-state index contributed by atoms with van der Waals surface area (Å²) in [7, 11) is 0. The summed E-state index contributed by atoms with van der Waals surface area (Å²) < 4.78 is 9.41. The Morgan fingerprint density at radius 3 is 1.46 bits per heavy atom. The van der Waals surface area contributed by atoms with Crippen LogP contribution in [0.4, 0.5) is 9.59 Å². The van der Waals surface area contributed by atoms with E-state index in [9.17, 15) is 28.8 Å². The number of rotatable bonds is 7. The fraction of sp³-hybridized carbons (Fsp3) is 0.571. The average molecular weight is 404 g/mol. The lowest BCUT2D eigenvalue weighted by atomic mass is 10.2. The van der Waals surface area contributed by atoms with Crippen LogP contribution in [0.5, 0.6) is 0 Å². The van der Waals surface area contributed by atoms with Crippen LogP contribution in [-0.2, 0) is 28.7 Å². The average Bonchev–Trinajstić information content (AvgIpc) is 3.00. The highest BCUT2D eigenvalue weighted by Crippen LogP contribution is 2.39. The molecule has 2 aliphatic heterocycles. The van der Waals surface area contributed by atoms with Gasteiger partial charge in [-0.15, -0.1) is 0 Å². The van der Waals surface area contributed by atoms with Gasteiger partial charge in [0.15, 0.2) is 0 Å². The minimum Gasteiger partial charge on any atom is -0.465 e. The first-order chi connectivity index (χ1) is 12.3. The van der Waals surface area contributed by atoms with E-state index in [4.69, 9.17) is 9.47 Å². The number of thioether (sulfide) groups is 2. The highest BCUT2D eigenvalue weighted by atomic mass is 32.2. The molecule has 2 saturated heterocycles. The zero-order chi connectivity index (χ0) is 19.4. The molecule has 12 heteroatoms. The second kappa shape index (κ2) is 8.54. The first-order valence-corrected chi connectivity index (χ1v) is 9.41. The third-order valence-corrected chi connectivity index (χ3v) is 5.85. The van der Waals surface area contributed by atoms with E-state index in [2.05, 4.69) is 0 Å². The molecule has 26 heavy (non-hydrogen) atoms. The SMILES string of the molecule is CCOC(=O)CN1C(=O)S[C@H]([C@H]2SC(=O)N(CC(=O)OCC)C2=O)C1=O. The van der Waals surface area contributed by atoms with Crippen LogP contribution in [0.2, 0.25) is 0 Å². The normalized spacial score (nSPS) is 23.0. The molecular weight excluding hydrogens is 388 g/mol. The summed E-state index contributed by atoms with van der Waals surface area (Å²) in [5.41, 5.74) is 0. The highest BCUT2D eigenvalue weighted by molar-refractivity contribution is 8.19. The Morgan fingerprint density at radius 2 is 1.15 bits per heavy atom. The predicted molar refractivity (Wildman–Crippen MR) is 90.2 cm³/mol. The molecular formula is C14H16N2O8S2. The standard InChI is InChI=1S/C14H16N2O8S2/c1-3-23-7(17)5-15-11(19)9(25-13(15)21)10-12(20)16(14(22)26-10)6-8(18)24-4-2/h9-10H,3-6H2,1-2H3/t9-,10-/m1/s1. The van der Waals surface area contributed by atoms with Crippen LogP contribution in [0, 0.1) is 0 Å². The van der Waals surface area contributed by atoms with Gasteiger partial charge in [-0.3, -0.25) is 38.6 Å². The van der Waals surface area contributed by atoms with Gasteiger partial charge in [0.05, 0.1) is 13.2 Å². The quantitative estimate of drug-likeness (QED) is 0.544. The van der Waals surface area contributed by atoms with Gasteiger partial charge in [0, 0.05) is 0 Å². The van der Waals surface area contributed by atoms with E-state index in [0.717, 1.165) is 0 Å². The molecule has 0 spiro atoms. The van der Waals surface area contributed by atoms with Gasteiger partial charge in [-0.25, -0.2) is 0 Å². The van der Waals surface area contributed by atoms with Crippen LogP contribution in [0.1, 0.15) is 13.8 Å². The third kappa shape index (κ3) is 4.18. The van der Waals surface area contributed by atoms with Crippen molar-refractivity contribution in [3.8, 4) is 0 Å². The van der Waals surface area contributed by atoms with Crippen molar-refractivity contribution >= 4 is 57.8 Å². The summed E-state index contributed by atoms with van der Waals surface area (Å²) in [5.74, 6) is -2.99. The second-order valence-electron chi connectivity index (χ2n) is 5.07. The lowest BCUT2D eigenvalue weighted by Gasteiger charge is -2.15. The Bertz CT molecular complexity index is 611. The highest BCUT2D eigenvalue weighted by Gasteiger charge is 2.53. The molecule has 10 nitrogen and oxygen atoms in total. The van der Waals surface area contributed by atoms with Gasteiger partial charge in [-0.05, 0) is 37.4 Å². The Labute approximate surface area is 156 Å². The number of nitrogens with zero attached hydrogens (tertiary/aromatic N) is 2. The van der Waals surface area contributed by atoms with Crippen molar-refractivity contribution < 1.29 is 38.2 Å². The molecule has 0 aromatic carbocycles. The van der Waals surface area contributed by atoms with Gasteiger partial charge in [-0.2, -0.15) is 0 Å². The maximum atomic E-state index is 12.4. The summed E-state index contributed by atoms with van der Waals surface area (Å²) in [6, 6.07) is 0. The molecule has 2 fully saturated rings. The zero-order valence-corrected chi connectivity index (χ0v) is 15.6. The van der Waals surface area contributed by atoms with Crippen LogP contribution in [-0.4, -0.2) is 80.8 Å². The second-order valence-corrected chi connectivity index (χ2v) is 7.25. The minimum absolute atomic E-state index is 0.0971. The molecule has 2 atom stereocenters. The topological polar surface area (TPSA) is 127 Å². The Hall–Kier alpha value is -2.08. The number of carbonyl (C=O) groups is 6. The number of imide groups is 2. The summed E-state index contributed by atoms with van der Waals surface area (Å²) in [6.45, 7) is 2.25. The van der Waals surface area contributed by atoms with Crippen molar-refractivity contribution in [1.29, 1.82) is 0 Å². The fourth-order valence-corrected chi connectivity index (χ4v) is 4.54. The van der Waals surface area contributed by atoms with Gasteiger partial charge in [0.1, 0.15) is 23.6 Å². The van der Waals surface area contributed by atoms with Crippen LogP contribution in [0.15, 0.2) is 0 Å². The van der Waals surface area contributed by atoms with Crippen molar-refractivity contribution in [3.63, 3.8) is 0 Å². The van der Waals surface area contributed by atoms with E-state index in [1.165, 1.54) is 0 Å². The number of amides is 4. The van der Waals surface area contributed by atoms with Crippen LogP contribution >= 0.6 is 23.5 Å². The molecule has 0 unspecified atom stereocenters. The molecule has 0 bridgehead atoms. The summed E-state index contributed by atoms with van der Waals surface area (Å²) in [6.07, 6.45) is 0. The molecule has 4 amide bonds. The largest absolute Gasteiger partial charge is 0.465 e. The van der Waals surface area contributed by atoms with E-state index < -0.39 is 57.8 Å². The molecule has 0 radical (unpaired) electrons. The van der Waals surface area contributed by atoms with Gasteiger partial charge >= 0.3 is 11.9 Å². The van der Waals surface area contributed by atoms with Gasteiger partial charge < -0.3 is 9.47 Å². The molecule has 2 aliphatic rings. The number of esters is 2. The van der Waals surface area contributed by atoms with E-state index >= 15 is 0 Å². The van der Waals surface area contributed by atoms with Crippen molar-refractivity contribution in [2.75, 3.05) is 26.3 Å². The Balaban J connectivity index is 2.07. The van der Waals surface area contributed by atoms with Crippen molar-refractivity contribution in [2.45, 2.75) is 24.3 Å². The van der Waals surface area contributed by atoms with Gasteiger partial charge in [-0.1, -0.05) is 0 Å². The third-order valence-electron chi connectivity index (χ3n) is 3.38. The number of ether oxygens (including phenoxy) is 2. The smallest absolute Gasteiger partial charge is 0.326 e. The summed E-state index contributed by atoms with van der Waals surface area (Å²) >= 11 is 1.14. The summed E-state index contributed by atoms with van der Waals surface area (Å²) in [4.78, 5) is 73.2. The minimum atomic E-state index is -1.15. The molecule has 142 valence electrons. The monoisotopic (exact) mass is 404 g/mol. The van der Waals surface area contributed by atoms with E-state index in [1.807, 2.05) is 0 Å². The number of carbonyl (C=O) groups excluding carboxylic acids is 6. The molecule has 0 aromatic rings. The van der Waals surface area contributed by atoms with Crippen LogP contribution in [0.25, 0.3) is 0 Å². The van der Waals surface area contributed by atoms with E-state index in [1.54, 1.807) is 13.8 Å². The first-order valence-electron chi connectivity index (χ1n) is 7.65. The van der Waals surface area contributed by atoms with Crippen LogP contribution in [0.3, 0.4) is 0 Å². The lowest BCUT2D eigenvalue weighted by Crippen LogP contribution is -2.43. The van der Waals surface area contributed by atoms with Crippen molar-refractivity contribution in [3.05, 3.63) is 0 Å². The van der Waals surface area contributed by atoms with Crippen molar-refractivity contribution in [2.24, 2.45) is 0 Å². The molecule has 0 aliphatic carbocycles. The zero-order valence-electron chi connectivity index (χ0n) is 14.0. The maximum absolute atomic E-state index is 12.4. The van der Waals surface area contributed by atoms with E-state index in [-0.39, 0.29) is 13.2 Å².